The second-order valence-electron chi connectivity index (χ2n) is 8.24. The van der Waals surface area contributed by atoms with Crippen LogP contribution in [0.5, 0.6) is 0 Å². The van der Waals surface area contributed by atoms with Crippen LogP contribution in [-0.4, -0.2) is 112 Å². The number of carbonyl (C=O) groups excluding carboxylic acids is 3. The number of carboxylic acid groups (broad SMARTS) is 1. The highest BCUT2D eigenvalue weighted by molar-refractivity contribution is 7.84. The second-order valence-corrected chi connectivity index (χ2v) is 10.4. The van der Waals surface area contributed by atoms with Crippen molar-refractivity contribution in [1.29, 1.82) is 0 Å². The van der Waals surface area contributed by atoms with Crippen LogP contribution in [0.2, 0.25) is 0 Å². The van der Waals surface area contributed by atoms with Gasteiger partial charge in [0.05, 0.1) is 12.6 Å². The number of nitrogens with zero attached hydrogens (tertiary/aromatic N) is 5. The number of ether oxygens (including phenoxy) is 1. The predicted octanol–water partition coefficient (Wildman–Crippen LogP) is -3.10. The first-order valence-electron chi connectivity index (χ1n) is 10.9. The SMILES string of the molecule is CN=C(N)N.Nc1nc(/C(=N/OC2(C(=O)O)CC2)C(=O)NC2C(=O)N(S(=O)(=O)O)C2CN2CCOC2=O)cs1. The third-order valence-electron chi connectivity index (χ3n) is 5.60. The van der Waals surface area contributed by atoms with Crippen molar-refractivity contribution in [2.75, 3.05) is 32.5 Å². The fraction of sp³-hybridized carbons (Fsp3) is 0.500. The van der Waals surface area contributed by atoms with Crippen LogP contribution in [0.3, 0.4) is 0 Å². The van der Waals surface area contributed by atoms with Gasteiger partial charge in [0.15, 0.2) is 16.8 Å². The average molecular weight is 592 g/mol. The van der Waals surface area contributed by atoms with E-state index in [9.17, 15) is 37.3 Å². The van der Waals surface area contributed by atoms with Crippen molar-refractivity contribution in [2.24, 2.45) is 21.6 Å². The number of carbonyl (C=O) groups is 4. The third-order valence-corrected chi connectivity index (χ3v) is 7.22. The molecule has 4 rings (SSSR count). The van der Waals surface area contributed by atoms with Gasteiger partial charge in [-0.1, -0.05) is 5.16 Å². The van der Waals surface area contributed by atoms with E-state index in [1.165, 1.54) is 12.4 Å². The van der Waals surface area contributed by atoms with Gasteiger partial charge in [-0.2, -0.15) is 8.42 Å². The summed E-state index contributed by atoms with van der Waals surface area (Å²) in [4.78, 5) is 62.0. The predicted molar refractivity (Wildman–Crippen MR) is 133 cm³/mol. The lowest BCUT2D eigenvalue weighted by Gasteiger charge is -2.45. The number of nitrogens with one attached hydrogen (secondary N) is 1. The molecule has 0 radical (unpaired) electrons. The highest BCUT2D eigenvalue weighted by atomic mass is 32.2. The molecule has 2 unspecified atom stereocenters. The minimum atomic E-state index is -4.99. The molecule has 9 N–H and O–H groups in total. The Labute approximate surface area is 224 Å². The van der Waals surface area contributed by atoms with E-state index in [-0.39, 0.29) is 53.6 Å². The first kappa shape index (κ1) is 29.3. The quantitative estimate of drug-likeness (QED) is 0.0545. The standard InChI is InChI=1S/C16H18N6O10S2.C2H7N3/c17-14-18-7(6-33-14)9(20-32-16(1-2-16)13(25)26)11(23)19-10-8(5-21-3-4-31-15(21)27)22(12(10)24)34(28,29)30;1-5-2(3)4/h6,8,10H,1-5H2,(H2,17,18)(H,19,23)(H,25,26)(H,28,29,30);1H3,(H4,3,4,5)/b20-9-;. The van der Waals surface area contributed by atoms with Crippen molar-refractivity contribution in [3.63, 3.8) is 0 Å². The number of thiazole rings is 1. The first-order valence-corrected chi connectivity index (χ1v) is 13.2. The minimum Gasteiger partial charge on any atom is -0.478 e. The summed E-state index contributed by atoms with van der Waals surface area (Å²) in [5.74, 6) is -3.35. The molecule has 0 spiro atoms. The summed E-state index contributed by atoms with van der Waals surface area (Å²) in [6, 6.07) is -2.81. The molecule has 214 valence electrons. The van der Waals surface area contributed by atoms with E-state index in [1.807, 2.05) is 0 Å². The number of aromatic nitrogens is 1. The van der Waals surface area contributed by atoms with Gasteiger partial charge in [-0.05, 0) is 0 Å². The van der Waals surface area contributed by atoms with Crippen molar-refractivity contribution in [2.45, 2.75) is 30.5 Å². The van der Waals surface area contributed by atoms with Gasteiger partial charge in [0.1, 0.15) is 18.3 Å². The number of carboxylic acids is 1. The molecule has 3 heterocycles. The fourth-order valence-corrected chi connectivity index (χ4v) is 4.78. The Morgan fingerprint density at radius 1 is 1.36 bits per heavy atom. The number of nitrogen functional groups attached to an aromatic ring is 1. The summed E-state index contributed by atoms with van der Waals surface area (Å²) in [5.41, 5.74) is 13.1. The number of nitrogens with two attached hydrogens (primary N) is 3. The summed E-state index contributed by atoms with van der Waals surface area (Å²) in [6.45, 7) is -0.198. The van der Waals surface area contributed by atoms with E-state index in [0.717, 1.165) is 16.2 Å². The molecule has 1 aromatic rings. The number of aliphatic carboxylic acids is 1. The monoisotopic (exact) mass is 591 g/mol. The van der Waals surface area contributed by atoms with Crippen LogP contribution in [0, 0.1) is 0 Å². The van der Waals surface area contributed by atoms with E-state index in [0.29, 0.717) is 0 Å². The lowest BCUT2D eigenvalue weighted by Crippen LogP contribution is -2.74. The van der Waals surface area contributed by atoms with Crippen molar-refractivity contribution >= 4 is 62.3 Å². The van der Waals surface area contributed by atoms with E-state index in [1.54, 1.807) is 0 Å². The molecule has 3 fully saturated rings. The smallest absolute Gasteiger partial charge is 0.410 e. The largest absolute Gasteiger partial charge is 0.478 e. The van der Waals surface area contributed by atoms with Crippen LogP contribution in [0.15, 0.2) is 15.5 Å². The molecule has 1 saturated carbocycles. The van der Waals surface area contributed by atoms with Gasteiger partial charge in [0, 0.05) is 31.8 Å². The van der Waals surface area contributed by atoms with E-state index >= 15 is 0 Å². The van der Waals surface area contributed by atoms with Crippen molar-refractivity contribution in [1.82, 2.24) is 19.5 Å². The van der Waals surface area contributed by atoms with Gasteiger partial charge in [0.25, 0.3) is 11.8 Å². The van der Waals surface area contributed by atoms with Crippen LogP contribution in [0.4, 0.5) is 9.93 Å². The van der Waals surface area contributed by atoms with Crippen LogP contribution in [0.25, 0.3) is 0 Å². The van der Waals surface area contributed by atoms with E-state index < -0.39 is 57.6 Å². The molecule has 2 saturated heterocycles. The molecule has 0 bridgehead atoms. The van der Waals surface area contributed by atoms with Crippen LogP contribution in [0.1, 0.15) is 18.5 Å². The molecule has 3 amide bonds. The Kier molecular flexibility index (Phi) is 8.45. The van der Waals surface area contributed by atoms with Gasteiger partial charge in [0.2, 0.25) is 5.60 Å². The van der Waals surface area contributed by atoms with Gasteiger partial charge in [-0.3, -0.25) is 19.1 Å². The molecule has 1 aliphatic carbocycles. The lowest BCUT2D eigenvalue weighted by molar-refractivity contribution is -0.153. The molecule has 19 nitrogen and oxygen atoms in total. The number of amides is 3. The molecule has 2 aliphatic heterocycles. The van der Waals surface area contributed by atoms with Gasteiger partial charge >= 0.3 is 22.4 Å². The maximum Gasteiger partial charge on any atom is 0.410 e. The maximum absolute atomic E-state index is 13.0. The van der Waals surface area contributed by atoms with Crippen molar-refractivity contribution in [3.05, 3.63) is 11.1 Å². The average Bonchev–Trinajstić information content (AvgIpc) is 3.37. The highest BCUT2D eigenvalue weighted by Gasteiger charge is 2.56. The third kappa shape index (κ3) is 6.61. The highest BCUT2D eigenvalue weighted by Crippen LogP contribution is 2.40. The van der Waals surface area contributed by atoms with Crippen LogP contribution in [-0.2, 0) is 34.3 Å². The van der Waals surface area contributed by atoms with Crippen LogP contribution >= 0.6 is 11.3 Å². The Hall–Kier alpha value is -4.24. The first-order chi connectivity index (χ1) is 18.2. The number of rotatable bonds is 9. The maximum atomic E-state index is 13.0. The normalized spacial score (nSPS) is 21.6. The van der Waals surface area contributed by atoms with Crippen molar-refractivity contribution < 1.29 is 46.8 Å². The summed E-state index contributed by atoms with van der Waals surface area (Å²) in [6.07, 6.45) is -0.423. The number of hydrogen-bond acceptors (Lipinski definition) is 13. The summed E-state index contributed by atoms with van der Waals surface area (Å²) >= 11 is 0.959. The zero-order valence-electron chi connectivity index (χ0n) is 20.2. The van der Waals surface area contributed by atoms with Gasteiger partial charge < -0.3 is 42.1 Å². The molecular weight excluding hydrogens is 566 g/mol. The molecule has 1 aromatic heterocycles. The molecule has 3 aliphatic rings. The number of cyclic esters (lactones) is 1. The molecular formula is C18H25N9O10S2. The van der Waals surface area contributed by atoms with Crippen molar-refractivity contribution in [3.8, 4) is 0 Å². The number of anilines is 1. The number of aliphatic imine (C=N–C) groups is 1. The molecule has 21 heteroatoms. The van der Waals surface area contributed by atoms with Gasteiger partial charge in [-0.15, -0.1) is 11.3 Å². The molecule has 0 aromatic carbocycles. The lowest BCUT2D eigenvalue weighted by atomic mass is 9.97. The molecule has 39 heavy (non-hydrogen) atoms. The zero-order valence-corrected chi connectivity index (χ0v) is 21.8. The Balaban J connectivity index is 0.000000771. The fourth-order valence-electron chi connectivity index (χ4n) is 3.36. The summed E-state index contributed by atoms with van der Waals surface area (Å²) < 4.78 is 37.6. The minimum absolute atomic E-state index is 0.0487. The number of guanidine groups is 1. The second kappa shape index (κ2) is 11.2. The summed E-state index contributed by atoms with van der Waals surface area (Å²) in [5, 5.41) is 16.6. The van der Waals surface area contributed by atoms with Crippen LogP contribution < -0.4 is 22.5 Å². The topological polar surface area (TPSA) is 296 Å². The Morgan fingerprint density at radius 2 is 2.00 bits per heavy atom. The molecule has 2 atom stereocenters. The van der Waals surface area contributed by atoms with E-state index in [2.05, 4.69) is 20.4 Å². The Bertz CT molecular complexity index is 1320. The van der Waals surface area contributed by atoms with E-state index in [4.69, 9.17) is 26.8 Å². The summed E-state index contributed by atoms with van der Waals surface area (Å²) in [7, 11) is -3.45. The van der Waals surface area contributed by atoms with Gasteiger partial charge in [-0.25, -0.2) is 18.9 Å². The number of oxime groups is 1. The zero-order chi connectivity index (χ0) is 29.1. The number of hydrogen-bond donors (Lipinski definition) is 6. The number of β-lactam (4-membered cyclic amide) rings is 1. The Morgan fingerprint density at radius 3 is 2.44 bits per heavy atom.